The fourth-order valence-corrected chi connectivity index (χ4v) is 3.46. The Bertz CT molecular complexity index is 529. The summed E-state index contributed by atoms with van der Waals surface area (Å²) in [7, 11) is -3.57. The van der Waals surface area contributed by atoms with Gasteiger partial charge in [0.1, 0.15) is 5.75 Å². The summed E-state index contributed by atoms with van der Waals surface area (Å²) >= 11 is 0. The Morgan fingerprint density at radius 1 is 1.47 bits per heavy atom. The molecule has 2 rings (SSSR count). The van der Waals surface area contributed by atoms with Crippen LogP contribution in [0.1, 0.15) is 19.8 Å². The highest BCUT2D eigenvalue weighted by molar-refractivity contribution is 7.89. The van der Waals surface area contributed by atoms with Crippen LogP contribution in [0.25, 0.3) is 0 Å². The number of aromatic hydroxyl groups is 1. The van der Waals surface area contributed by atoms with E-state index in [2.05, 4.69) is 4.72 Å². The van der Waals surface area contributed by atoms with Crippen LogP contribution in [0, 0.1) is 5.92 Å². The molecular formula is C13H19NO4S. The molecule has 106 valence electrons. The molecule has 2 atom stereocenters. The predicted octanol–water partition coefficient (Wildman–Crippen LogP) is 1.49. The van der Waals surface area contributed by atoms with Gasteiger partial charge in [-0.3, -0.25) is 0 Å². The predicted molar refractivity (Wildman–Crippen MR) is 71.4 cm³/mol. The molecule has 6 heteroatoms. The van der Waals surface area contributed by atoms with Crippen molar-refractivity contribution in [1.82, 2.24) is 4.72 Å². The van der Waals surface area contributed by atoms with Gasteiger partial charge in [0.15, 0.2) is 0 Å². The smallest absolute Gasteiger partial charge is 0.240 e. The zero-order chi connectivity index (χ0) is 13.9. The Balaban J connectivity index is 2.02. The maximum atomic E-state index is 12.1. The summed E-state index contributed by atoms with van der Waals surface area (Å²) in [6.45, 7) is 3.10. The van der Waals surface area contributed by atoms with Gasteiger partial charge in [0.25, 0.3) is 0 Å². The summed E-state index contributed by atoms with van der Waals surface area (Å²) in [5, 5.41) is 9.32. The van der Waals surface area contributed by atoms with Gasteiger partial charge in [-0.05, 0) is 31.0 Å². The highest BCUT2D eigenvalue weighted by Gasteiger charge is 2.28. The molecule has 0 amide bonds. The molecular weight excluding hydrogens is 266 g/mol. The SMILES string of the molecule is CCC1OCCC1CNS(=O)(=O)c1cccc(O)c1. The summed E-state index contributed by atoms with van der Waals surface area (Å²) in [5.41, 5.74) is 0. The highest BCUT2D eigenvalue weighted by atomic mass is 32.2. The van der Waals surface area contributed by atoms with Crippen LogP contribution in [0.5, 0.6) is 5.75 Å². The van der Waals surface area contributed by atoms with E-state index >= 15 is 0 Å². The second-order valence-electron chi connectivity index (χ2n) is 4.72. The van der Waals surface area contributed by atoms with Crippen molar-refractivity contribution in [3.05, 3.63) is 24.3 Å². The molecule has 0 saturated carbocycles. The number of sulfonamides is 1. The van der Waals surface area contributed by atoms with E-state index in [4.69, 9.17) is 4.74 Å². The van der Waals surface area contributed by atoms with E-state index in [1.54, 1.807) is 0 Å². The molecule has 1 aliphatic heterocycles. The maximum Gasteiger partial charge on any atom is 0.240 e. The third-order valence-electron chi connectivity index (χ3n) is 3.41. The summed E-state index contributed by atoms with van der Waals surface area (Å²) < 4.78 is 32.3. The van der Waals surface area contributed by atoms with Crippen LogP contribution in [0.3, 0.4) is 0 Å². The lowest BCUT2D eigenvalue weighted by molar-refractivity contribution is 0.0884. The monoisotopic (exact) mass is 285 g/mol. The lowest BCUT2D eigenvalue weighted by Crippen LogP contribution is -2.32. The first-order valence-electron chi connectivity index (χ1n) is 6.43. The number of hydrogen-bond donors (Lipinski definition) is 2. The average molecular weight is 285 g/mol. The van der Waals surface area contributed by atoms with Crippen LogP contribution in [-0.4, -0.2) is 32.8 Å². The molecule has 2 unspecified atom stereocenters. The Hall–Kier alpha value is -1.11. The van der Waals surface area contributed by atoms with Crippen molar-refractivity contribution >= 4 is 10.0 Å². The van der Waals surface area contributed by atoms with E-state index in [9.17, 15) is 13.5 Å². The van der Waals surface area contributed by atoms with Gasteiger partial charge in [0.05, 0.1) is 11.0 Å². The van der Waals surface area contributed by atoms with Crippen LogP contribution in [0.4, 0.5) is 0 Å². The molecule has 1 aromatic carbocycles. The van der Waals surface area contributed by atoms with Gasteiger partial charge in [-0.15, -0.1) is 0 Å². The van der Waals surface area contributed by atoms with Crippen molar-refractivity contribution in [3.8, 4) is 5.75 Å². The number of hydrogen-bond acceptors (Lipinski definition) is 4. The Kier molecular flexibility index (Phi) is 4.44. The van der Waals surface area contributed by atoms with E-state index in [0.29, 0.717) is 13.2 Å². The van der Waals surface area contributed by atoms with Crippen LogP contribution in [0.15, 0.2) is 29.2 Å². The van der Waals surface area contributed by atoms with Gasteiger partial charge in [0, 0.05) is 19.1 Å². The van der Waals surface area contributed by atoms with Gasteiger partial charge in [0.2, 0.25) is 10.0 Å². The lowest BCUT2D eigenvalue weighted by atomic mass is 10.0. The van der Waals surface area contributed by atoms with E-state index < -0.39 is 10.0 Å². The first kappa shape index (κ1) is 14.3. The molecule has 0 radical (unpaired) electrons. The van der Waals surface area contributed by atoms with Crippen molar-refractivity contribution < 1.29 is 18.3 Å². The van der Waals surface area contributed by atoms with Gasteiger partial charge >= 0.3 is 0 Å². The minimum Gasteiger partial charge on any atom is -0.508 e. The van der Waals surface area contributed by atoms with E-state index in [-0.39, 0.29) is 22.7 Å². The first-order chi connectivity index (χ1) is 9.03. The van der Waals surface area contributed by atoms with Gasteiger partial charge in [-0.25, -0.2) is 13.1 Å². The Morgan fingerprint density at radius 3 is 2.95 bits per heavy atom. The van der Waals surface area contributed by atoms with Crippen LogP contribution in [0.2, 0.25) is 0 Å². The number of ether oxygens (including phenoxy) is 1. The average Bonchev–Trinajstić information content (AvgIpc) is 2.84. The molecule has 0 aromatic heterocycles. The molecule has 1 fully saturated rings. The minimum absolute atomic E-state index is 0.0569. The second-order valence-corrected chi connectivity index (χ2v) is 6.48. The Labute approximate surface area is 113 Å². The quantitative estimate of drug-likeness (QED) is 0.859. The molecule has 0 aliphatic carbocycles. The zero-order valence-corrected chi connectivity index (χ0v) is 11.7. The lowest BCUT2D eigenvalue weighted by Gasteiger charge is -2.17. The first-order valence-corrected chi connectivity index (χ1v) is 7.91. The van der Waals surface area contributed by atoms with Crippen molar-refractivity contribution in [2.45, 2.75) is 30.8 Å². The van der Waals surface area contributed by atoms with E-state index in [0.717, 1.165) is 12.8 Å². The number of phenolic OH excluding ortho intramolecular Hbond substituents is 1. The van der Waals surface area contributed by atoms with Gasteiger partial charge in [-0.2, -0.15) is 0 Å². The fraction of sp³-hybridized carbons (Fsp3) is 0.538. The van der Waals surface area contributed by atoms with Crippen molar-refractivity contribution in [2.75, 3.05) is 13.2 Å². The van der Waals surface area contributed by atoms with Gasteiger partial charge < -0.3 is 9.84 Å². The molecule has 0 spiro atoms. The number of phenols is 1. The standard InChI is InChI=1S/C13H19NO4S/c1-2-13-10(6-7-18-13)9-14-19(16,17)12-5-3-4-11(15)8-12/h3-5,8,10,13-15H,2,6-7,9H2,1H3. The third-order valence-corrected chi connectivity index (χ3v) is 4.83. The van der Waals surface area contributed by atoms with Crippen LogP contribution >= 0.6 is 0 Å². The normalized spacial score (nSPS) is 23.6. The highest BCUT2D eigenvalue weighted by Crippen LogP contribution is 2.23. The number of nitrogens with one attached hydrogen (secondary N) is 1. The summed E-state index contributed by atoms with van der Waals surface area (Å²) in [6, 6.07) is 5.66. The maximum absolute atomic E-state index is 12.1. The van der Waals surface area contributed by atoms with Crippen LogP contribution < -0.4 is 4.72 Å². The molecule has 0 bridgehead atoms. The number of rotatable bonds is 5. The fourth-order valence-electron chi connectivity index (χ4n) is 2.33. The van der Waals surface area contributed by atoms with Crippen molar-refractivity contribution in [3.63, 3.8) is 0 Å². The van der Waals surface area contributed by atoms with E-state index in [1.165, 1.54) is 24.3 Å². The molecule has 1 heterocycles. The molecule has 1 aliphatic rings. The third kappa shape index (κ3) is 3.46. The molecule has 5 nitrogen and oxygen atoms in total. The summed E-state index contributed by atoms with van der Waals surface area (Å²) in [5.74, 6) is 0.163. The van der Waals surface area contributed by atoms with Crippen molar-refractivity contribution in [1.29, 1.82) is 0 Å². The topological polar surface area (TPSA) is 75.6 Å². The largest absolute Gasteiger partial charge is 0.508 e. The summed E-state index contributed by atoms with van der Waals surface area (Å²) in [6.07, 6.45) is 1.89. The zero-order valence-electron chi connectivity index (χ0n) is 10.9. The van der Waals surface area contributed by atoms with E-state index in [1.807, 2.05) is 6.92 Å². The summed E-state index contributed by atoms with van der Waals surface area (Å²) in [4.78, 5) is 0.0828. The molecule has 19 heavy (non-hydrogen) atoms. The molecule has 2 N–H and O–H groups in total. The molecule has 1 aromatic rings. The second kappa shape index (κ2) is 5.90. The van der Waals surface area contributed by atoms with Crippen LogP contribution in [-0.2, 0) is 14.8 Å². The number of benzene rings is 1. The van der Waals surface area contributed by atoms with Crippen molar-refractivity contribution in [2.24, 2.45) is 5.92 Å². The Morgan fingerprint density at radius 2 is 2.26 bits per heavy atom. The minimum atomic E-state index is -3.57. The molecule has 1 saturated heterocycles. The van der Waals surface area contributed by atoms with Gasteiger partial charge in [-0.1, -0.05) is 13.0 Å².